The number of amides is 1. The van der Waals surface area contributed by atoms with Crippen molar-refractivity contribution in [1.82, 2.24) is 9.80 Å². The van der Waals surface area contributed by atoms with Crippen molar-refractivity contribution >= 4 is 28.9 Å². The van der Waals surface area contributed by atoms with E-state index in [-0.39, 0.29) is 23.8 Å². The number of phenols is 1. The third kappa shape index (κ3) is 4.95. The zero-order valence-electron chi connectivity index (χ0n) is 25.3. The van der Waals surface area contributed by atoms with Crippen LogP contribution in [-0.2, 0) is 27.3 Å². The third-order valence-corrected chi connectivity index (χ3v) is 10.4. The number of fused-ring (bicyclic) bond motifs is 3. The van der Waals surface area contributed by atoms with Gasteiger partial charge in [-0.2, -0.15) is 0 Å². The fraction of sp³-hybridized carbons (Fsp3) is 0.515. The molecule has 1 amide bonds. The van der Waals surface area contributed by atoms with Crippen molar-refractivity contribution in [3.05, 3.63) is 59.2 Å². The van der Waals surface area contributed by atoms with E-state index in [1.54, 1.807) is 12.1 Å². The number of nitrogens with two attached hydrogens (primary N) is 1. The average molecular weight is 621 g/mol. The van der Waals surface area contributed by atoms with Gasteiger partial charge >= 0.3 is 0 Å². The Kier molecular flexibility index (Phi) is 8.07. The standard InChI is InChI=1S/C33H40N4O8/c1-36(2)25-24-26(38)19-14-17-8-9-20(35-18-10-12-37(13-11-18)15-16-6-4-3-5-7-16)27(39)21(17)28(40)22(19)30(42)33(24,45)31(43)23(29(25)41)32(34)44/h3-9,18-19,22-26,29,35,38-39,41,45H,10-15H2,1-2H3,(H2,34,44)/t19-,22?,23?,24-,25+,26+,29?,33+/m0/s1. The Balaban J connectivity index is 1.26. The molecule has 2 aromatic rings. The molecule has 8 atom stereocenters. The van der Waals surface area contributed by atoms with E-state index in [4.69, 9.17) is 5.73 Å². The SMILES string of the molecule is CN(C)[C@H]1C(O)C(C(N)=O)C(=O)[C@]2(O)C(=O)C3C(=O)c4c(ccc(NC5CCN(Cc6ccccc6)CC5)c4O)C[C@@H]3[C@@H](O)[C@H]12. The molecule has 45 heavy (non-hydrogen) atoms. The molecular formula is C33H40N4O8. The molecule has 3 fully saturated rings. The van der Waals surface area contributed by atoms with Gasteiger partial charge in [0.2, 0.25) is 5.91 Å². The number of piperidine rings is 1. The van der Waals surface area contributed by atoms with Gasteiger partial charge < -0.3 is 36.4 Å². The van der Waals surface area contributed by atoms with Crippen LogP contribution < -0.4 is 11.1 Å². The summed E-state index contributed by atoms with van der Waals surface area (Å²) in [4.78, 5) is 57.6. The molecule has 2 aromatic carbocycles. The highest BCUT2D eigenvalue weighted by molar-refractivity contribution is 6.25. The van der Waals surface area contributed by atoms with E-state index in [0.717, 1.165) is 32.5 Å². The molecule has 0 bridgehead atoms. The van der Waals surface area contributed by atoms with E-state index in [2.05, 4.69) is 22.3 Å². The monoisotopic (exact) mass is 620 g/mol. The first kappa shape index (κ1) is 31.3. The quantitative estimate of drug-likeness (QED) is 0.184. The fourth-order valence-corrected chi connectivity index (χ4v) is 8.22. The van der Waals surface area contributed by atoms with E-state index in [0.29, 0.717) is 11.3 Å². The van der Waals surface area contributed by atoms with Crippen LogP contribution in [0.3, 0.4) is 0 Å². The summed E-state index contributed by atoms with van der Waals surface area (Å²) < 4.78 is 0. The highest BCUT2D eigenvalue weighted by Crippen LogP contribution is 2.52. The number of nitrogens with zero attached hydrogens (tertiary/aromatic N) is 2. The number of carbonyl (C=O) groups excluding carboxylic acids is 4. The lowest BCUT2D eigenvalue weighted by Gasteiger charge is -2.56. The second kappa shape index (κ2) is 11.6. The van der Waals surface area contributed by atoms with Crippen LogP contribution in [0.2, 0.25) is 0 Å². The highest BCUT2D eigenvalue weighted by atomic mass is 16.3. The minimum atomic E-state index is -2.94. The Labute approximate surface area is 260 Å². The number of likely N-dealkylation sites (N-methyl/N-ethyl adjacent to an activating group) is 1. The van der Waals surface area contributed by atoms with E-state index in [1.807, 2.05) is 18.2 Å². The van der Waals surface area contributed by atoms with Gasteiger partial charge in [0.1, 0.15) is 11.7 Å². The number of likely N-dealkylation sites (tertiary alicyclic amines) is 1. The summed E-state index contributed by atoms with van der Waals surface area (Å²) in [5, 5.41) is 49.1. The summed E-state index contributed by atoms with van der Waals surface area (Å²) in [5.41, 5.74) is 4.38. The summed E-state index contributed by atoms with van der Waals surface area (Å²) in [5.74, 6) is -11.0. The number of rotatable bonds is 6. The van der Waals surface area contributed by atoms with Crippen LogP contribution in [0.25, 0.3) is 0 Å². The maximum absolute atomic E-state index is 14.1. The van der Waals surface area contributed by atoms with Gasteiger partial charge in [0, 0.05) is 43.6 Å². The largest absolute Gasteiger partial charge is 0.505 e. The summed E-state index contributed by atoms with van der Waals surface area (Å²) in [7, 11) is 3.04. The van der Waals surface area contributed by atoms with Crippen LogP contribution in [0.4, 0.5) is 5.69 Å². The topological polar surface area (TPSA) is 194 Å². The molecule has 3 aliphatic carbocycles. The molecule has 1 heterocycles. The number of nitrogens with one attached hydrogen (secondary N) is 1. The normalized spacial score (nSPS) is 33.8. The van der Waals surface area contributed by atoms with E-state index < -0.39 is 70.8 Å². The van der Waals surface area contributed by atoms with Crippen molar-refractivity contribution in [2.24, 2.45) is 29.4 Å². The van der Waals surface area contributed by atoms with E-state index >= 15 is 0 Å². The lowest BCUT2D eigenvalue weighted by atomic mass is 9.51. The van der Waals surface area contributed by atoms with Gasteiger partial charge in [-0.1, -0.05) is 36.4 Å². The van der Waals surface area contributed by atoms with Gasteiger partial charge in [-0.15, -0.1) is 0 Å². The highest BCUT2D eigenvalue weighted by Gasteiger charge is 2.72. The van der Waals surface area contributed by atoms with Crippen molar-refractivity contribution in [2.75, 3.05) is 32.5 Å². The van der Waals surface area contributed by atoms with Gasteiger partial charge in [0.25, 0.3) is 0 Å². The predicted molar refractivity (Wildman–Crippen MR) is 162 cm³/mol. The van der Waals surface area contributed by atoms with E-state index in [1.165, 1.54) is 24.6 Å². The zero-order chi connectivity index (χ0) is 32.4. The molecule has 1 aliphatic heterocycles. The Morgan fingerprint density at radius 2 is 1.69 bits per heavy atom. The molecule has 12 heteroatoms. The van der Waals surface area contributed by atoms with Gasteiger partial charge in [-0.3, -0.25) is 24.1 Å². The van der Waals surface area contributed by atoms with Crippen molar-refractivity contribution in [3.63, 3.8) is 0 Å². The Bertz CT molecular complexity index is 1520. The molecule has 0 spiro atoms. The minimum absolute atomic E-state index is 0.0145. The maximum atomic E-state index is 14.1. The van der Waals surface area contributed by atoms with Gasteiger partial charge in [-0.25, -0.2) is 0 Å². The molecule has 2 saturated carbocycles. The number of aliphatic hydroxyl groups is 3. The van der Waals surface area contributed by atoms with Crippen molar-refractivity contribution in [3.8, 4) is 5.75 Å². The molecule has 1 saturated heterocycles. The zero-order valence-corrected chi connectivity index (χ0v) is 25.3. The molecule has 7 N–H and O–H groups in total. The van der Waals surface area contributed by atoms with Crippen LogP contribution in [0.15, 0.2) is 42.5 Å². The lowest BCUT2D eigenvalue weighted by molar-refractivity contribution is -0.207. The van der Waals surface area contributed by atoms with Crippen LogP contribution in [0, 0.1) is 23.7 Å². The first-order valence-corrected chi connectivity index (χ1v) is 15.4. The smallest absolute Gasteiger partial charge is 0.230 e. The van der Waals surface area contributed by atoms with Crippen LogP contribution in [-0.4, -0.2) is 111 Å². The molecule has 0 radical (unpaired) electrons. The number of anilines is 1. The second-order valence-corrected chi connectivity index (χ2v) is 13.2. The lowest BCUT2D eigenvalue weighted by Crippen LogP contribution is -2.78. The van der Waals surface area contributed by atoms with Crippen molar-refractivity contribution in [2.45, 2.75) is 55.7 Å². The molecule has 3 unspecified atom stereocenters. The molecular weight excluding hydrogens is 580 g/mol. The number of ketones is 3. The Hall–Kier alpha value is -3.68. The number of aliphatic hydroxyl groups excluding tert-OH is 2. The summed E-state index contributed by atoms with van der Waals surface area (Å²) >= 11 is 0. The average Bonchev–Trinajstić information content (AvgIpc) is 3.00. The number of phenolic OH excluding ortho intramolecular Hbond substituents is 1. The number of aromatic hydroxyl groups is 1. The minimum Gasteiger partial charge on any atom is -0.505 e. The van der Waals surface area contributed by atoms with Crippen LogP contribution in [0.1, 0.15) is 34.3 Å². The van der Waals surface area contributed by atoms with Gasteiger partial charge in [0.15, 0.2) is 23.0 Å². The third-order valence-electron chi connectivity index (χ3n) is 10.4. The number of hydrogen-bond acceptors (Lipinski definition) is 11. The number of carbonyl (C=O) groups is 4. The Morgan fingerprint density at radius 1 is 1.02 bits per heavy atom. The molecule has 12 nitrogen and oxygen atoms in total. The maximum Gasteiger partial charge on any atom is 0.230 e. The van der Waals surface area contributed by atoms with Gasteiger partial charge in [-0.05, 0) is 50.6 Å². The first-order valence-electron chi connectivity index (χ1n) is 15.4. The predicted octanol–water partition coefficient (Wildman–Crippen LogP) is -0.294. The summed E-state index contributed by atoms with van der Waals surface area (Å²) in [6, 6.07) is 12.4. The molecule has 0 aromatic heterocycles. The number of benzene rings is 2. The second-order valence-electron chi connectivity index (χ2n) is 13.2. The Morgan fingerprint density at radius 3 is 2.31 bits per heavy atom. The van der Waals surface area contributed by atoms with Crippen LogP contribution >= 0.6 is 0 Å². The summed E-state index contributed by atoms with van der Waals surface area (Å²) in [6.45, 7) is 2.53. The molecule has 4 aliphatic rings. The fourth-order valence-electron chi connectivity index (χ4n) is 8.22. The number of hydrogen-bond donors (Lipinski definition) is 6. The number of primary amides is 1. The van der Waals surface area contributed by atoms with Crippen molar-refractivity contribution in [1.29, 1.82) is 0 Å². The molecule has 6 rings (SSSR count). The van der Waals surface area contributed by atoms with E-state index in [9.17, 15) is 39.6 Å². The summed E-state index contributed by atoms with van der Waals surface area (Å²) in [6.07, 6.45) is -1.63. The van der Waals surface area contributed by atoms with Crippen molar-refractivity contribution < 1.29 is 39.6 Å². The van der Waals surface area contributed by atoms with Gasteiger partial charge in [0.05, 0.1) is 29.4 Å². The number of Topliss-reactive ketones (excluding diaryl/α,β-unsaturated/α-hetero) is 3. The molecule has 240 valence electrons. The first-order chi connectivity index (χ1) is 21.4. The van der Waals surface area contributed by atoms with Crippen LogP contribution in [0.5, 0.6) is 5.75 Å².